The lowest BCUT2D eigenvalue weighted by Gasteiger charge is -2.25. The summed E-state index contributed by atoms with van der Waals surface area (Å²) in [5.74, 6) is -0.0979. The van der Waals surface area contributed by atoms with Crippen LogP contribution in [-0.4, -0.2) is 41.8 Å². The molecular weight excluding hydrogens is 361 g/mol. The van der Waals surface area contributed by atoms with E-state index in [9.17, 15) is 14.0 Å². The fraction of sp³-hybridized carbons (Fsp3) is 0.333. The summed E-state index contributed by atoms with van der Waals surface area (Å²) in [6, 6.07) is 8.81. The van der Waals surface area contributed by atoms with Gasteiger partial charge in [-0.3, -0.25) is 4.79 Å². The SMILES string of the molecule is CC(=O)N1[C@@H](C(=O)OCCOc2ccccc2F)CS[C@H]1c1ccco1. The van der Waals surface area contributed by atoms with E-state index >= 15 is 0 Å². The van der Waals surface area contributed by atoms with E-state index < -0.39 is 17.8 Å². The molecular formula is C18H18FNO5S. The van der Waals surface area contributed by atoms with Crippen molar-refractivity contribution in [3.8, 4) is 5.75 Å². The van der Waals surface area contributed by atoms with Crippen molar-refractivity contribution in [2.24, 2.45) is 0 Å². The molecule has 0 bridgehead atoms. The van der Waals surface area contributed by atoms with Gasteiger partial charge in [-0.2, -0.15) is 0 Å². The molecule has 138 valence electrons. The highest BCUT2D eigenvalue weighted by Crippen LogP contribution is 2.41. The molecule has 0 spiro atoms. The van der Waals surface area contributed by atoms with Crippen molar-refractivity contribution in [2.75, 3.05) is 19.0 Å². The average molecular weight is 379 g/mol. The van der Waals surface area contributed by atoms with Gasteiger partial charge in [-0.1, -0.05) is 12.1 Å². The fourth-order valence-corrected chi connectivity index (χ4v) is 4.09. The first-order valence-corrected chi connectivity index (χ1v) is 9.10. The molecule has 1 aromatic carbocycles. The van der Waals surface area contributed by atoms with E-state index in [0.29, 0.717) is 11.5 Å². The van der Waals surface area contributed by atoms with E-state index in [1.807, 2.05) is 0 Å². The van der Waals surface area contributed by atoms with Crippen LogP contribution in [0, 0.1) is 5.82 Å². The van der Waals surface area contributed by atoms with E-state index in [1.165, 1.54) is 42.0 Å². The molecule has 0 unspecified atom stereocenters. The van der Waals surface area contributed by atoms with Gasteiger partial charge >= 0.3 is 5.97 Å². The van der Waals surface area contributed by atoms with Gasteiger partial charge in [-0.15, -0.1) is 11.8 Å². The minimum absolute atomic E-state index is 0.0220. The Morgan fingerprint density at radius 2 is 2.08 bits per heavy atom. The smallest absolute Gasteiger partial charge is 0.329 e. The maximum Gasteiger partial charge on any atom is 0.329 e. The fourth-order valence-electron chi connectivity index (χ4n) is 2.68. The lowest BCUT2D eigenvalue weighted by atomic mass is 10.2. The molecule has 1 aromatic heterocycles. The number of furan rings is 1. The Morgan fingerprint density at radius 3 is 2.77 bits per heavy atom. The molecule has 2 aromatic rings. The van der Waals surface area contributed by atoms with Crippen LogP contribution in [0.5, 0.6) is 5.75 Å². The third-order valence-electron chi connectivity index (χ3n) is 3.84. The Kier molecular flexibility index (Phi) is 5.82. The predicted molar refractivity (Wildman–Crippen MR) is 93.1 cm³/mol. The van der Waals surface area contributed by atoms with Crippen LogP contribution in [0.25, 0.3) is 0 Å². The molecule has 0 radical (unpaired) electrons. The number of thioether (sulfide) groups is 1. The Hall–Kier alpha value is -2.48. The number of halogens is 1. The van der Waals surface area contributed by atoms with Crippen molar-refractivity contribution in [3.63, 3.8) is 0 Å². The topological polar surface area (TPSA) is 69.0 Å². The zero-order valence-electron chi connectivity index (χ0n) is 14.1. The van der Waals surface area contributed by atoms with Crippen molar-refractivity contribution in [1.29, 1.82) is 0 Å². The number of amides is 1. The summed E-state index contributed by atoms with van der Waals surface area (Å²) in [4.78, 5) is 25.8. The standard InChI is InChI=1S/C18H18FNO5S/c1-12(21)20-14(11-26-17(20)16-7-4-8-23-16)18(22)25-10-9-24-15-6-3-2-5-13(15)19/h2-8,14,17H,9-11H2,1H3/t14-,17+/m1/s1. The van der Waals surface area contributed by atoms with E-state index in [2.05, 4.69) is 0 Å². The van der Waals surface area contributed by atoms with Crippen molar-refractivity contribution >= 4 is 23.6 Å². The van der Waals surface area contributed by atoms with Crippen LogP contribution < -0.4 is 4.74 Å². The third-order valence-corrected chi connectivity index (χ3v) is 5.13. The van der Waals surface area contributed by atoms with Crippen LogP contribution in [0.1, 0.15) is 18.1 Å². The number of esters is 1. The number of para-hydroxylation sites is 1. The highest BCUT2D eigenvalue weighted by atomic mass is 32.2. The van der Waals surface area contributed by atoms with Gasteiger partial charge in [-0.05, 0) is 24.3 Å². The number of nitrogens with zero attached hydrogens (tertiary/aromatic N) is 1. The normalized spacial score (nSPS) is 19.4. The van der Waals surface area contributed by atoms with Crippen LogP contribution in [0.4, 0.5) is 4.39 Å². The molecule has 1 amide bonds. The highest BCUT2D eigenvalue weighted by Gasteiger charge is 2.43. The maximum atomic E-state index is 13.5. The summed E-state index contributed by atoms with van der Waals surface area (Å²) in [5.41, 5.74) is 0. The van der Waals surface area contributed by atoms with Crippen molar-refractivity contribution in [2.45, 2.75) is 18.3 Å². The Labute approximate surface area is 154 Å². The largest absolute Gasteiger partial charge is 0.487 e. The summed E-state index contributed by atoms with van der Waals surface area (Å²) in [7, 11) is 0. The number of rotatable bonds is 6. The summed E-state index contributed by atoms with van der Waals surface area (Å²) in [6.07, 6.45) is 1.53. The van der Waals surface area contributed by atoms with E-state index in [0.717, 1.165) is 0 Å². The van der Waals surface area contributed by atoms with Crippen molar-refractivity contribution in [1.82, 2.24) is 4.90 Å². The number of benzene rings is 1. The lowest BCUT2D eigenvalue weighted by molar-refractivity contribution is -0.154. The first kappa shape index (κ1) is 18.3. The van der Waals surface area contributed by atoms with Crippen LogP contribution in [-0.2, 0) is 14.3 Å². The summed E-state index contributed by atoms with van der Waals surface area (Å²) < 4.78 is 29.3. The van der Waals surface area contributed by atoms with E-state index in [-0.39, 0.29) is 30.2 Å². The van der Waals surface area contributed by atoms with Gasteiger partial charge in [0.1, 0.15) is 30.4 Å². The van der Waals surface area contributed by atoms with Gasteiger partial charge in [0.25, 0.3) is 0 Å². The minimum Gasteiger partial charge on any atom is -0.487 e. The second kappa shape index (κ2) is 8.27. The Bertz CT molecular complexity index is 767. The second-order valence-corrected chi connectivity index (χ2v) is 6.70. The monoisotopic (exact) mass is 379 g/mol. The number of hydrogen-bond acceptors (Lipinski definition) is 6. The predicted octanol–water partition coefficient (Wildman–Crippen LogP) is 3.00. The Morgan fingerprint density at radius 1 is 1.27 bits per heavy atom. The molecule has 1 aliphatic rings. The molecule has 6 nitrogen and oxygen atoms in total. The van der Waals surface area contributed by atoms with Crippen molar-refractivity contribution in [3.05, 3.63) is 54.2 Å². The number of carbonyl (C=O) groups is 2. The molecule has 0 N–H and O–H groups in total. The number of hydrogen-bond donors (Lipinski definition) is 0. The van der Waals surface area contributed by atoms with Gasteiger partial charge in [-0.25, -0.2) is 9.18 Å². The van der Waals surface area contributed by atoms with Gasteiger partial charge < -0.3 is 18.8 Å². The van der Waals surface area contributed by atoms with Crippen LogP contribution in [0.15, 0.2) is 47.1 Å². The molecule has 1 fully saturated rings. The molecule has 2 atom stereocenters. The van der Waals surface area contributed by atoms with Crippen LogP contribution in [0.2, 0.25) is 0 Å². The first-order chi connectivity index (χ1) is 12.6. The minimum atomic E-state index is -0.693. The highest BCUT2D eigenvalue weighted by molar-refractivity contribution is 7.99. The summed E-state index contributed by atoms with van der Waals surface area (Å²) in [6.45, 7) is 1.39. The maximum absolute atomic E-state index is 13.5. The van der Waals surface area contributed by atoms with Crippen LogP contribution in [0.3, 0.4) is 0 Å². The first-order valence-electron chi connectivity index (χ1n) is 8.06. The average Bonchev–Trinajstić information content (AvgIpc) is 3.28. The molecule has 0 saturated carbocycles. The summed E-state index contributed by atoms with van der Waals surface area (Å²) >= 11 is 1.44. The molecule has 26 heavy (non-hydrogen) atoms. The van der Waals surface area contributed by atoms with Gasteiger partial charge in [0.2, 0.25) is 5.91 Å². The molecule has 1 aliphatic heterocycles. The molecule has 3 rings (SSSR count). The second-order valence-electron chi connectivity index (χ2n) is 5.59. The quantitative estimate of drug-likeness (QED) is 0.568. The Balaban J connectivity index is 1.54. The molecule has 2 heterocycles. The third kappa shape index (κ3) is 4.01. The van der Waals surface area contributed by atoms with Gasteiger partial charge in [0.15, 0.2) is 11.6 Å². The lowest BCUT2D eigenvalue weighted by Crippen LogP contribution is -2.43. The zero-order valence-corrected chi connectivity index (χ0v) is 14.9. The number of carbonyl (C=O) groups excluding carboxylic acids is 2. The van der Waals surface area contributed by atoms with E-state index in [1.54, 1.807) is 24.3 Å². The molecule has 8 heteroatoms. The molecule has 0 aliphatic carbocycles. The van der Waals surface area contributed by atoms with Crippen LogP contribution >= 0.6 is 11.8 Å². The van der Waals surface area contributed by atoms with Gasteiger partial charge in [0.05, 0.1) is 6.26 Å². The molecule has 1 saturated heterocycles. The van der Waals surface area contributed by atoms with E-state index in [4.69, 9.17) is 13.9 Å². The summed E-state index contributed by atoms with van der Waals surface area (Å²) in [5, 5.41) is -0.352. The van der Waals surface area contributed by atoms with Gasteiger partial charge in [0, 0.05) is 12.7 Å². The van der Waals surface area contributed by atoms with Crippen molar-refractivity contribution < 1.29 is 27.9 Å². The zero-order chi connectivity index (χ0) is 18.5. The number of ether oxygens (including phenoxy) is 2.